The smallest absolute Gasteiger partial charge is 0.335 e. The lowest BCUT2D eigenvalue weighted by Gasteiger charge is -2.18. The number of carboxylic acids is 1. The predicted octanol–water partition coefficient (Wildman–Crippen LogP) is 6.70. The van der Waals surface area contributed by atoms with Crippen LogP contribution in [-0.2, 0) is 6.42 Å². The summed E-state index contributed by atoms with van der Waals surface area (Å²) < 4.78 is 70.7. The number of carbonyl (C=O) groups is 1. The first-order chi connectivity index (χ1) is 20.0. The molecule has 0 aliphatic carbocycles. The summed E-state index contributed by atoms with van der Waals surface area (Å²) in [6.07, 6.45) is 1.93. The van der Waals surface area contributed by atoms with Gasteiger partial charge in [0.2, 0.25) is 5.69 Å². The van der Waals surface area contributed by atoms with Crippen molar-refractivity contribution in [2.45, 2.75) is 25.4 Å². The summed E-state index contributed by atoms with van der Waals surface area (Å²) in [7, 11) is 0. The minimum atomic E-state index is -3.05. The number of benzene rings is 2. The fourth-order valence-corrected chi connectivity index (χ4v) is 4.69. The van der Waals surface area contributed by atoms with Gasteiger partial charge in [-0.15, -0.1) is 0 Å². The van der Waals surface area contributed by atoms with Gasteiger partial charge in [0.1, 0.15) is 11.9 Å². The molecule has 1 N–H and O–H groups in total. The number of nitrogens with zero attached hydrogens (tertiary/aromatic N) is 5. The van der Waals surface area contributed by atoms with Crippen molar-refractivity contribution < 1.29 is 36.6 Å². The molecule has 216 valence electrons. The molecule has 0 amide bonds. The van der Waals surface area contributed by atoms with Crippen molar-refractivity contribution in [1.29, 1.82) is 0 Å². The van der Waals surface area contributed by atoms with Crippen molar-refractivity contribution in [3.8, 4) is 22.3 Å². The molecule has 0 radical (unpaired) electrons. The summed E-state index contributed by atoms with van der Waals surface area (Å²) in [5.41, 5.74) is 0.175. The maximum Gasteiger partial charge on any atom is 0.335 e. The molecule has 0 spiro atoms. The van der Waals surface area contributed by atoms with E-state index in [1.54, 1.807) is 18.3 Å². The van der Waals surface area contributed by atoms with E-state index < -0.39 is 47.0 Å². The van der Waals surface area contributed by atoms with Crippen molar-refractivity contribution in [2.24, 2.45) is 0 Å². The van der Waals surface area contributed by atoms with Crippen LogP contribution in [0.5, 0.6) is 0 Å². The van der Waals surface area contributed by atoms with Crippen molar-refractivity contribution in [3.05, 3.63) is 118 Å². The number of alkyl halides is 4. The minimum Gasteiger partial charge on any atom is -0.618 e. The number of halogens is 6. The van der Waals surface area contributed by atoms with Gasteiger partial charge in [0.15, 0.2) is 6.20 Å². The third-order valence-electron chi connectivity index (χ3n) is 6.59. The van der Waals surface area contributed by atoms with Crippen LogP contribution < -0.4 is 4.73 Å². The molecule has 0 aliphatic rings. The fraction of sp³-hybridized carbons (Fsp3) is 0.143. The Balaban J connectivity index is 1.57. The van der Waals surface area contributed by atoms with Crippen LogP contribution in [-0.4, -0.2) is 30.6 Å². The fourth-order valence-electron chi connectivity index (χ4n) is 4.53. The van der Waals surface area contributed by atoms with Crippen molar-refractivity contribution in [2.75, 3.05) is 0 Å². The monoisotopic (exact) mass is 603 g/mol. The third kappa shape index (κ3) is 5.68. The lowest BCUT2D eigenvalue weighted by molar-refractivity contribution is -0.615. The predicted molar refractivity (Wildman–Crippen MR) is 141 cm³/mol. The van der Waals surface area contributed by atoms with Gasteiger partial charge in [0.25, 0.3) is 6.43 Å². The molecule has 3 heterocycles. The maximum absolute atomic E-state index is 14.9. The van der Waals surface area contributed by atoms with Crippen LogP contribution in [0.15, 0.2) is 79.4 Å². The zero-order chi connectivity index (χ0) is 30.1. The van der Waals surface area contributed by atoms with Gasteiger partial charge in [-0.25, -0.2) is 22.6 Å². The maximum atomic E-state index is 14.9. The van der Waals surface area contributed by atoms with Gasteiger partial charge in [-0.2, -0.15) is 23.7 Å². The Morgan fingerprint density at radius 3 is 2.31 bits per heavy atom. The van der Waals surface area contributed by atoms with Crippen LogP contribution >= 0.6 is 11.6 Å². The molecule has 0 bridgehead atoms. The van der Waals surface area contributed by atoms with E-state index in [-0.39, 0.29) is 28.9 Å². The quantitative estimate of drug-likeness (QED) is 0.115. The number of hydrogen-bond acceptors (Lipinski definition) is 4. The van der Waals surface area contributed by atoms with E-state index in [9.17, 15) is 32.0 Å². The molecule has 0 aliphatic heterocycles. The zero-order valence-corrected chi connectivity index (χ0v) is 22.0. The van der Waals surface area contributed by atoms with Crippen LogP contribution in [0, 0.1) is 11.0 Å². The molecule has 2 aromatic carbocycles. The molecular formula is C28H19ClF5N5O3. The molecular weight excluding hydrogens is 585 g/mol. The second-order valence-electron chi connectivity index (χ2n) is 9.17. The first-order valence-corrected chi connectivity index (χ1v) is 12.6. The summed E-state index contributed by atoms with van der Waals surface area (Å²) in [5, 5.41) is 30.3. The molecule has 42 heavy (non-hydrogen) atoms. The van der Waals surface area contributed by atoms with E-state index in [0.29, 0.717) is 20.5 Å². The number of pyridine rings is 1. The minimum absolute atomic E-state index is 0.0299. The summed E-state index contributed by atoms with van der Waals surface area (Å²) in [6, 6.07) is 11.0. The van der Waals surface area contributed by atoms with Crippen molar-refractivity contribution in [1.82, 2.24) is 19.6 Å². The topological polar surface area (TPSA) is 99.9 Å². The van der Waals surface area contributed by atoms with E-state index in [1.165, 1.54) is 41.2 Å². The average Bonchev–Trinajstić information content (AvgIpc) is 3.64. The molecule has 5 rings (SSSR count). The molecule has 1 atom stereocenters. The Morgan fingerprint density at radius 1 is 0.976 bits per heavy atom. The standard InChI is InChI=1S/C28H19ClF5N5O3/c29-21-7-6-20(26(31)32)24(25(21)30)17-5-8-22(39(42)14-17)23(11-19-9-10-37(36-19)28(33)34)38-13-18(12-35-38)15-1-3-16(4-2-15)27(40)41/h1-10,12-14,23,26,28H,11H2,(H,40,41)/t23-/m0/s1. The number of aromatic nitrogens is 5. The lowest BCUT2D eigenvalue weighted by Crippen LogP contribution is -2.36. The highest BCUT2D eigenvalue weighted by Crippen LogP contribution is 2.36. The van der Waals surface area contributed by atoms with Crippen LogP contribution in [0.3, 0.4) is 0 Å². The summed E-state index contributed by atoms with van der Waals surface area (Å²) in [4.78, 5) is 11.2. The van der Waals surface area contributed by atoms with Gasteiger partial charge in [-0.3, -0.25) is 4.68 Å². The van der Waals surface area contributed by atoms with Gasteiger partial charge < -0.3 is 10.3 Å². The van der Waals surface area contributed by atoms with Gasteiger partial charge in [0.05, 0.1) is 28.0 Å². The van der Waals surface area contributed by atoms with E-state index >= 15 is 0 Å². The molecule has 3 aromatic heterocycles. The Labute approximate surface area is 239 Å². The lowest BCUT2D eigenvalue weighted by atomic mass is 9.99. The second-order valence-corrected chi connectivity index (χ2v) is 9.58. The van der Waals surface area contributed by atoms with Crippen LogP contribution in [0.25, 0.3) is 22.3 Å². The normalized spacial score (nSPS) is 12.3. The molecule has 0 fully saturated rings. The number of hydrogen-bond donors (Lipinski definition) is 1. The Hall–Kier alpha value is -4.78. The first-order valence-electron chi connectivity index (χ1n) is 12.2. The summed E-state index contributed by atoms with van der Waals surface area (Å²) >= 11 is 5.83. The summed E-state index contributed by atoms with van der Waals surface area (Å²) in [5.74, 6) is -2.20. The van der Waals surface area contributed by atoms with Gasteiger partial charge in [0, 0.05) is 41.6 Å². The molecule has 8 nitrogen and oxygen atoms in total. The van der Waals surface area contributed by atoms with Crippen molar-refractivity contribution >= 4 is 17.6 Å². The van der Waals surface area contributed by atoms with Gasteiger partial charge in [-0.1, -0.05) is 29.8 Å². The second kappa shape index (κ2) is 11.6. The largest absolute Gasteiger partial charge is 0.618 e. The summed E-state index contributed by atoms with van der Waals surface area (Å²) in [6.45, 7) is -2.89. The average molecular weight is 604 g/mol. The number of aromatic carboxylic acids is 1. The number of rotatable bonds is 9. The Kier molecular flexibility index (Phi) is 7.94. The molecule has 0 unspecified atom stereocenters. The highest BCUT2D eigenvalue weighted by molar-refractivity contribution is 6.31. The molecule has 5 aromatic rings. The Morgan fingerprint density at radius 2 is 1.69 bits per heavy atom. The SMILES string of the molecule is O=C(O)c1ccc(-c2cnn([C@@H](Cc3ccn(C(F)F)n3)c3ccc(-c4c(C(F)F)ccc(Cl)c4F)c[n+]3[O-])c2)cc1. The molecule has 14 heteroatoms. The number of carboxylic acid groups (broad SMARTS) is 1. The van der Waals surface area contributed by atoms with Gasteiger partial charge >= 0.3 is 12.5 Å². The van der Waals surface area contributed by atoms with Crippen LogP contribution in [0.4, 0.5) is 22.0 Å². The Bertz CT molecular complexity index is 1760. The van der Waals surface area contributed by atoms with Gasteiger partial charge in [-0.05, 0) is 35.9 Å². The van der Waals surface area contributed by atoms with E-state index in [4.69, 9.17) is 16.7 Å². The van der Waals surface area contributed by atoms with E-state index in [0.717, 1.165) is 24.5 Å². The molecule has 0 saturated carbocycles. The van der Waals surface area contributed by atoms with E-state index in [1.807, 2.05) is 0 Å². The van der Waals surface area contributed by atoms with Crippen molar-refractivity contribution in [3.63, 3.8) is 0 Å². The molecule has 0 saturated heterocycles. The van der Waals surface area contributed by atoms with Crippen LogP contribution in [0.1, 0.15) is 46.3 Å². The highest BCUT2D eigenvalue weighted by atomic mass is 35.5. The third-order valence-corrected chi connectivity index (χ3v) is 6.88. The zero-order valence-electron chi connectivity index (χ0n) is 21.2. The first kappa shape index (κ1) is 28.7. The highest BCUT2D eigenvalue weighted by Gasteiger charge is 2.28. The van der Waals surface area contributed by atoms with Crippen LogP contribution in [0.2, 0.25) is 5.02 Å². The van der Waals surface area contributed by atoms with E-state index in [2.05, 4.69) is 10.2 Å².